The van der Waals surface area contributed by atoms with Crippen molar-refractivity contribution in [2.45, 2.75) is 13.0 Å². The second kappa shape index (κ2) is 9.30. The molecule has 0 spiro atoms. The van der Waals surface area contributed by atoms with Gasteiger partial charge in [-0.15, -0.1) is 0 Å². The van der Waals surface area contributed by atoms with Crippen LogP contribution in [0.5, 0.6) is 5.75 Å². The Morgan fingerprint density at radius 1 is 1.29 bits per heavy atom. The van der Waals surface area contributed by atoms with Crippen LogP contribution in [0.15, 0.2) is 29.3 Å². The molecule has 132 valence electrons. The smallest absolute Gasteiger partial charge is 0.159 e. The van der Waals surface area contributed by atoms with Gasteiger partial charge in [-0.3, -0.25) is 9.89 Å². The van der Waals surface area contributed by atoms with Crippen LogP contribution in [0.4, 0.5) is 0 Å². The van der Waals surface area contributed by atoms with Crippen molar-refractivity contribution in [3.63, 3.8) is 0 Å². The molecule has 1 saturated heterocycles. The quantitative estimate of drug-likeness (QED) is 0.788. The molecule has 0 aromatic heterocycles. The number of benzene rings is 1. The van der Waals surface area contributed by atoms with Crippen LogP contribution in [0.1, 0.15) is 12.0 Å². The van der Waals surface area contributed by atoms with Crippen LogP contribution >= 0.6 is 11.8 Å². The van der Waals surface area contributed by atoms with E-state index in [0.29, 0.717) is 0 Å². The lowest BCUT2D eigenvalue weighted by molar-refractivity contribution is 0.0358. The van der Waals surface area contributed by atoms with E-state index in [2.05, 4.69) is 21.9 Å². The lowest BCUT2D eigenvalue weighted by Crippen LogP contribution is -2.42. The van der Waals surface area contributed by atoms with Crippen molar-refractivity contribution >= 4 is 16.9 Å². The van der Waals surface area contributed by atoms with Gasteiger partial charge in [0.1, 0.15) is 5.75 Å². The van der Waals surface area contributed by atoms with Crippen LogP contribution in [0, 0.1) is 0 Å². The summed E-state index contributed by atoms with van der Waals surface area (Å²) in [7, 11) is 1.74. The van der Waals surface area contributed by atoms with E-state index in [1.54, 1.807) is 7.11 Å². The van der Waals surface area contributed by atoms with Gasteiger partial charge in [0.25, 0.3) is 0 Å². The number of nitrogens with zero attached hydrogens (tertiary/aromatic N) is 3. The second-order valence-corrected chi connectivity index (χ2v) is 7.12. The molecule has 3 rings (SSSR count). The minimum absolute atomic E-state index is 0.847. The average Bonchev–Trinajstić information content (AvgIpc) is 2.67. The molecule has 2 aliphatic heterocycles. The molecule has 24 heavy (non-hydrogen) atoms. The Morgan fingerprint density at radius 3 is 2.88 bits per heavy atom. The first kappa shape index (κ1) is 17.6. The summed E-state index contributed by atoms with van der Waals surface area (Å²) in [6.07, 6.45) is 1.18. The fourth-order valence-corrected chi connectivity index (χ4v) is 3.99. The molecular formula is C18H27N3O2S. The predicted octanol–water partition coefficient (Wildman–Crippen LogP) is 2.32. The van der Waals surface area contributed by atoms with E-state index in [9.17, 15) is 0 Å². The van der Waals surface area contributed by atoms with Crippen LogP contribution in [0.2, 0.25) is 0 Å². The molecule has 0 N–H and O–H groups in total. The normalized spacial score (nSPS) is 19.0. The average molecular weight is 350 g/mol. The third-order valence-corrected chi connectivity index (χ3v) is 5.53. The molecule has 0 unspecified atom stereocenters. The summed E-state index contributed by atoms with van der Waals surface area (Å²) in [6.45, 7) is 7.60. The van der Waals surface area contributed by atoms with Gasteiger partial charge in [0.15, 0.2) is 5.17 Å². The van der Waals surface area contributed by atoms with Gasteiger partial charge in [-0.05, 0) is 12.5 Å². The van der Waals surface area contributed by atoms with Gasteiger partial charge in [0.2, 0.25) is 0 Å². The Morgan fingerprint density at radius 2 is 2.12 bits per heavy atom. The Kier molecular flexibility index (Phi) is 6.81. The summed E-state index contributed by atoms with van der Waals surface area (Å²) in [5.41, 5.74) is 1.22. The van der Waals surface area contributed by atoms with Crippen LogP contribution < -0.4 is 4.74 Å². The molecule has 0 saturated carbocycles. The van der Waals surface area contributed by atoms with E-state index in [1.165, 1.54) is 22.9 Å². The molecule has 2 heterocycles. The number of thioether (sulfide) groups is 1. The summed E-state index contributed by atoms with van der Waals surface area (Å²) < 4.78 is 11.0. The van der Waals surface area contributed by atoms with Gasteiger partial charge in [0, 0.05) is 50.6 Å². The summed E-state index contributed by atoms with van der Waals surface area (Å²) in [6, 6.07) is 8.28. The molecule has 1 aromatic rings. The fraction of sp³-hybridized carbons (Fsp3) is 0.611. The van der Waals surface area contributed by atoms with Crippen molar-refractivity contribution in [3.05, 3.63) is 29.8 Å². The van der Waals surface area contributed by atoms with Crippen LogP contribution in [-0.2, 0) is 11.3 Å². The Hall–Kier alpha value is -1.24. The highest BCUT2D eigenvalue weighted by Gasteiger charge is 2.19. The fourth-order valence-electron chi connectivity index (χ4n) is 3.01. The van der Waals surface area contributed by atoms with Crippen LogP contribution in [0.3, 0.4) is 0 Å². The number of morpholine rings is 1. The summed E-state index contributed by atoms with van der Waals surface area (Å²) >= 11 is 1.88. The van der Waals surface area contributed by atoms with E-state index >= 15 is 0 Å². The summed E-state index contributed by atoms with van der Waals surface area (Å²) in [5.74, 6) is 2.12. The van der Waals surface area contributed by atoms with Crippen molar-refractivity contribution in [3.8, 4) is 5.75 Å². The first-order valence-electron chi connectivity index (χ1n) is 8.71. The maximum atomic E-state index is 5.53. The number of rotatable bonds is 6. The van der Waals surface area contributed by atoms with Crippen LogP contribution in [-0.4, -0.2) is 73.8 Å². The highest BCUT2D eigenvalue weighted by atomic mass is 32.2. The Bertz CT molecular complexity index is 547. The van der Waals surface area contributed by atoms with Crippen LogP contribution in [0.25, 0.3) is 0 Å². The highest BCUT2D eigenvalue weighted by molar-refractivity contribution is 8.13. The first-order valence-corrected chi connectivity index (χ1v) is 9.69. The van der Waals surface area contributed by atoms with Crippen molar-refractivity contribution in [1.82, 2.24) is 9.80 Å². The zero-order valence-corrected chi connectivity index (χ0v) is 15.3. The number of para-hydroxylation sites is 1. The SMILES string of the molecule is COc1ccccc1CN(CCN1CCOCC1)C1=NCCCS1. The molecule has 1 aromatic carbocycles. The van der Waals surface area contributed by atoms with E-state index in [0.717, 1.165) is 58.2 Å². The van der Waals surface area contributed by atoms with E-state index in [4.69, 9.17) is 14.5 Å². The molecule has 0 radical (unpaired) electrons. The highest BCUT2D eigenvalue weighted by Crippen LogP contribution is 2.23. The topological polar surface area (TPSA) is 37.3 Å². The number of amidine groups is 1. The molecule has 6 heteroatoms. The first-order chi connectivity index (χ1) is 11.9. The second-order valence-electron chi connectivity index (χ2n) is 6.05. The Balaban J connectivity index is 1.68. The predicted molar refractivity (Wildman–Crippen MR) is 100 cm³/mol. The van der Waals surface area contributed by atoms with Gasteiger partial charge in [-0.2, -0.15) is 0 Å². The molecule has 0 bridgehead atoms. The zero-order valence-electron chi connectivity index (χ0n) is 14.4. The van der Waals surface area contributed by atoms with Crippen molar-refractivity contribution in [2.24, 2.45) is 4.99 Å². The van der Waals surface area contributed by atoms with Gasteiger partial charge < -0.3 is 14.4 Å². The molecule has 0 aliphatic carbocycles. The molecule has 1 fully saturated rings. The van der Waals surface area contributed by atoms with Gasteiger partial charge >= 0.3 is 0 Å². The van der Waals surface area contributed by atoms with Crippen molar-refractivity contribution in [2.75, 3.05) is 58.8 Å². The summed E-state index contributed by atoms with van der Waals surface area (Å²) in [5, 5.41) is 1.18. The third kappa shape index (κ3) is 4.88. The molecule has 5 nitrogen and oxygen atoms in total. The number of methoxy groups -OCH3 is 1. The molecular weight excluding hydrogens is 322 g/mol. The number of ether oxygens (including phenoxy) is 2. The lowest BCUT2D eigenvalue weighted by atomic mass is 10.2. The van der Waals surface area contributed by atoms with Crippen molar-refractivity contribution in [1.29, 1.82) is 0 Å². The summed E-state index contributed by atoms with van der Waals surface area (Å²) in [4.78, 5) is 9.66. The third-order valence-electron chi connectivity index (χ3n) is 4.39. The Labute approximate surface area is 149 Å². The van der Waals surface area contributed by atoms with E-state index in [1.807, 2.05) is 23.9 Å². The minimum atomic E-state index is 0.847. The van der Waals surface area contributed by atoms with E-state index in [-0.39, 0.29) is 0 Å². The van der Waals surface area contributed by atoms with E-state index < -0.39 is 0 Å². The maximum absolute atomic E-state index is 5.53. The maximum Gasteiger partial charge on any atom is 0.159 e. The molecule has 0 atom stereocenters. The number of hydrogen-bond acceptors (Lipinski definition) is 6. The number of aliphatic imine (C=N–C) groups is 1. The zero-order chi connectivity index (χ0) is 16.6. The van der Waals surface area contributed by atoms with Gasteiger partial charge in [0.05, 0.1) is 20.3 Å². The minimum Gasteiger partial charge on any atom is -0.496 e. The lowest BCUT2D eigenvalue weighted by Gasteiger charge is -2.32. The van der Waals surface area contributed by atoms with Gasteiger partial charge in [-0.25, -0.2) is 0 Å². The molecule has 0 amide bonds. The van der Waals surface area contributed by atoms with Crippen molar-refractivity contribution < 1.29 is 9.47 Å². The molecule has 2 aliphatic rings. The largest absolute Gasteiger partial charge is 0.496 e. The van der Waals surface area contributed by atoms with Gasteiger partial charge in [-0.1, -0.05) is 30.0 Å². The number of hydrogen-bond donors (Lipinski definition) is 0. The monoisotopic (exact) mass is 349 g/mol. The standard InChI is InChI=1S/C18H27N3O2S/c1-22-17-6-3-2-5-16(17)15-21(18-19-7-4-14-24-18)9-8-20-10-12-23-13-11-20/h2-3,5-6H,4,7-15H2,1H3.